The highest BCUT2D eigenvalue weighted by atomic mass is 35.5. The maximum Gasteiger partial charge on any atom is 0.409 e. The second-order valence-electron chi connectivity index (χ2n) is 2.44. The molecule has 1 aromatic carbocycles. The van der Waals surface area contributed by atoms with Crippen molar-refractivity contribution in [2.24, 2.45) is 0 Å². The highest BCUT2D eigenvalue weighted by molar-refractivity contribution is 7.22. The smallest absolute Gasteiger partial charge is 0.409 e. The normalized spacial score (nSPS) is 10.4. The van der Waals surface area contributed by atoms with E-state index < -0.39 is 5.43 Å². The first-order valence-electron chi connectivity index (χ1n) is 3.58. The van der Waals surface area contributed by atoms with Crippen LogP contribution in [0, 0.1) is 0 Å². The molecule has 0 fully saturated rings. The third-order valence-electron chi connectivity index (χ3n) is 1.53. The molecule has 0 saturated carbocycles. The zero-order chi connectivity index (χ0) is 10.1. The van der Waals surface area contributed by atoms with E-state index in [1.54, 1.807) is 18.2 Å². The number of benzene rings is 1. The van der Waals surface area contributed by atoms with Gasteiger partial charge in [-0.15, -0.1) is 11.3 Å². The van der Waals surface area contributed by atoms with E-state index in [4.69, 9.17) is 27.9 Å². The van der Waals surface area contributed by atoms with Gasteiger partial charge in [-0.2, -0.15) is 0 Å². The molecule has 0 N–H and O–H groups in total. The summed E-state index contributed by atoms with van der Waals surface area (Å²) in [4.78, 5) is 14.5. The van der Waals surface area contributed by atoms with Crippen molar-refractivity contribution in [2.45, 2.75) is 0 Å². The zero-order valence-corrected chi connectivity index (χ0v) is 8.99. The molecule has 0 atom stereocenters. The van der Waals surface area contributed by atoms with Gasteiger partial charge in [-0.25, -0.2) is 9.78 Å². The number of ether oxygens (including phenoxy) is 1. The first kappa shape index (κ1) is 9.71. The van der Waals surface area contributed by atoms with Crippen LogP contribution in [0.2, 0.25) is 4.47 Å². The van der Waals surface area contributed by atoms with Gasteiger partial charge in [0.05, 0.1) is 10.2 Å². The van der Waals surface area contributed by atoms with Gasteiger partial charge in [0.1, 0.15) is 5.75 Å². The molecule has 1 aromatic heterocycles. The molecular weight excluding hydrogens is 245 g/mol. The van der Waals surface area contributed by atoms with Crippen LogP contribution in [0.15, 0.2) is 18.2 Å². The van der Waals surface area contributed by atoms with Crippen molar-refractivity contribution in [3.05, 3.63) is 22.7 Å². The van der Waals surface area contributed by atoms with Gasteiger partial charge >= 0.3 is 5.43 Å². The van der Waals surface area contributed by atoms with Crippen LogP contribution in [0.1, 0.15) is 0 Å². The molecule has 14 heavy (non-hydrogen) atoms. The van der Waals surface area contributed by atoms with Crippen LogP contribution in [0.4, 0.5) is 4.79 Å². The van der Waals surface area contributed by atoms with E-state index in [0.717, 1.165) is 10.2 Å². The molecule has 0 radical (unpaired) electrons. The molecule has 0 unspecified atom stereocenters. The molecule has 0 bridgehead atoms. The number of fused-ring (bicyclic) bond motifs is 1. The summed E-state index contributed by atoms with van der Waals surface area (Å²) in [5.74, 6) is 0.387. The second-order valence-corrected chi connectivity index (χ2v) is 4.36. The first-order chi connectivity index (χ1) is 6.65. The minimum atomic E-state index is -0.861. The number of halogens is 2. The number of rotatable bonds is 1. The standard InChI is InChI=1S/C8H3Cl2NO2S/c9-7-11-5-2-1-4(13-8(10)12)3-6(5)14-7/h1-3H. The van der Waals surface area contributed by atoms with Crippen molar-refractivity contribution in [3.63, 3.8) is 0 Å². The fourth-order valence-electron chi connectivity index (χ4n) is 1.03. The molecule has 0 amide bonds. The Morgan fingerprint density at radius 1 is 1.50 bits per heavy atom. The van der Waals surface area contributed by atoms with E-state index in [1.807, 2.05) is 0 Å². The fraction of sp³-hybridized carbons (Fsp3) is 0. The Morgan fingerprint density at radius 3 is 3.00 bits per heavy atom. The molecular formula is C8H3Cl2NO2S. The summed E-state index contributed by atoms with van der Waals surface area (Å²) < 4.78 is 6.00. The Kier molecular flexibility index (Phi) is 2.58. The number of thiazole rings is 1. The van der Waals surface area contributed by atoms with Gasteiger partial charge < -0.3 is 4.74 Å². The number of aromatic nitrogens is 1. The number of carbonyl (C=O) groups excluding carboxylic acids is 1. The van der Waals surface area contributed by atoms with Crippen LogP contribution in [0.25, 0.3) is 10.2 Å². The van der Waals surface area contributed by atoms with Gasteiger partial charge in [-0.3, -0.25) is 0 Å². The van der Waals surface area contributed by atoms with Crippen LogP contribution in [-0.2, 0) is 0 Å². The molecule has 0 aliphatic carbocycles. The molecule has 0 spiro atoms. The number of carbonyl (C=O) groups is 1. The summed E-state index contributed by atoms with van der Waals surface area (Å²) >= 11 is 12.1. The number of nitrogens with zero attached hydrogens (tertiary/aromatic N) is 1. The number of hydrogen-bond donors (Lipinski definition) is 0. The average molecular weight is 248 g/mol. The van der Waals surface area contributed by atoms with Gasteiger partial charge in [-0.05, 0) is 12.1 Å². The van der Waals surface area contributed by atoms with E-state index in [-0.39, 0.29) is 0 Å². The third kappa shape index (κ3) is 1.97. The lowest BCUT2D eigenvalue weighted by Gasteiger charge is -1.97. The molecule has 0 saturated heterocycles. The molecule has 6 heteroatoms. The summed E-state index contributed by atoms with van der Waals surface area (Å²) in [5.41, 5.74) is -0.0886. The minimum Gasteiger partial charge on any atom is -0.414 e. The van der Waals surface area contributed by atoms with Crippen molar-refractivity contribution < 1.29 is 9.53 Å². The van der Waals surface area contributed by atoms with E-state index in [2.05, 4.69) is 4.98 Å². The summed E-state index contributed by atoms with van der Waals surface area (Å²) in [7, 11) is 0. The maximum absolute atomic E-state index is 10.5. The maximum atomic E-state index is 10.5. The molecule has 0 aliphatic rings. The van der Waals surface area contributed by atoms with Crippen molar-refractivity contribution in [1.29, 1.82) is 0 Å². The molecule has 2 aromatic rings. The van der Waals surface area contributed by atoms with E-state index in [9.17, 15) is 4.79 Å². The molecule has 0 aliphatic heterocycles. The van der Waals surface area contributed by atoms with E-state index >= 15 is 0 Å². The van der Waals surface area contributed by atoms with Crippen LogP contribution in [0.5, 0.6) is 5.75 Å². The van der Waals surface area contributed by atoms with Crippen LogP contribution < -0.4 is 4.74 Å². The Morgan fingerprint density at radius 2 is 2.29 bits per heavy atom. The lowest BCUT2D eigenvalue weighted by atomic mass is 10.3. The van der Waals surface area contributed by atoms with Gasteiger partial charge in [0.15, 0.2) is 4.47 Å². The summed E-state index contributed by atoms with van der Waals surface area (Å²) in [6.45, 7) is 0. The SMILES string of the molecule is O=C(Cl)Oc1ccc2nc(Cl)sc2c1. The largest absolute Gasteiger partial charge is 0.414 e. The lowest BCUT2D eigenvalue weighted by molar-refractivity contribution is 0.226. The predicted octanol–water partition coefficient (Wildman–Crippen LogP) is 3.69. The fourth-order valence-corrected chi connectivity index (χ4v) is 2.18. The third-order valence-corrected chi connectivity index (χ3v) is 2.73. The van der Waals surface area contributed by atoms with Gasteiger partial charge in [-0.1, -0.05) is 11.6 Å². The van der Waals surface area contributed by atoms with Gasteiger partial charge in [0.25, 0.3) is 0 Å². The molecule has 1 heterocycles. The average Bonchev–Trinajstić information content (AvgIpc) is 2.42. The molecule has 2 rings (SSSR count). The minimum absolute atomic E-state index is 0.387. The van der Waals surface area contributed by atoms with Gasteiger partial charge in [0, 0.05) is 17.7 Å². The monoisotopic (exact) mass is 247 g/mol. The summed E-state index contributed by atoms with van der Waals surface area (Å²) in [6.07, 6.45) is 0. The van der Waals surface area contributed by atoms with E-state index in [1.165, 1.54) is 11.3 Å². The van der Waals surface area contributed by atoms with E-state index in [0.29, 0.717) is 10.2 Å². The lowest BCUT2D eigenvalue weighted by Crippen LogP contribution is -1.95. The quantitative estimate of drug-likeness (QED) is 0.722. The zero-order valence-electron chi connectivity index (χ0n) is 6.66. The van der Waals surface area contributed by atoms with Crippen molar-refractivity contribution in [1.82, 2.24) is 4.98 Å². The summed E-state index contributed by atoms with van der Waals surface area (Å²) in [5, 5.41) is 0. The van der Waals surface area contributed by atoms with Crippen LogP contribution in [0.3, 0.4) is 0 Å². The topological polar surface area (TPSA) is 39.2 Å². The highest BCUT2D eigenvalue weighted by Crippen LogP contribution is 2.28. The van der Waals surface area contributed by atoms with Crippen LogP contribution in [-0.4, -0.2) is 10.4 Å². The summed E-state index contributed by atoms with van der Waals surface area (Å²) in [6, 6.07) is 4.99. The predicted molar refractivity (Wildman–Crippen MR) is 56.5 cm³/mol. The molecule has 72 valence electrons. The van der Waals surface area contributed by atoms with Crippen LogP contribution >= 0.6 is 34.5 Å². The van der Waals surface area contributed by atoms with Crippen molar-refractivity contribution in [3.8, 4) is 5.75 Å². The Hall–Kier alpha value is -0.840. The Balaban J connectivity index is 2.45. The Labute approximate surface area is 93.2 Å². The first-order valence-corrected chi connectivity index (χ1v) is 5.16. The van der Waals surface area contributed by atoms with Gasteiger partial charge in [0.2, 0.25) is 0 Å². The molecule has 3 nitrogen and oxygen atoms in total. The highest BCUT2D eigenvalue weighted by Gasteiger charge is 2.05. The van der Waals surface area contributed by atoms with Crippen molar-refractivity contribution >= 4 is 50.2 Å². The van der Waals surface area contributed by atoms with Crippen molar-refractivity contribution in [2.75, 3.05) is 0 Å². The second kappa shape index (κ2) is 3.73. The number of hydrogen-bond acceptors (Lipinski definition) is 4. The Bertz CT molecular complexity index is 497.